The lowest BCUT2D eigenvalue weighted by atomic mass is 10.1. The highest BCUT2D eigenvalue weighted by atomic mass is 19.1. The number of amides is 3. The Morgan fingerprint density at radius 1 is 1.17 bits per heavy atom. The normalized spacial score (nSPS) is 10.9. The number of urea groups is 1. The van der Waals surface area contributed by atoms with Crippen molar-refractivity contribution >= 4 is 17.9 Å². The maximum atomic E-state index is 12.8. The Morgan fingerprint density at radius 3 is 2.29 bits per heavy atom. The summed E-state index contributed by atoms with van der Waals surface area (Å²) in [5.74, 6) is -1.72. The minimum atomic E-state index is -1.39. The molecule has 1 aromatic carbocycles. The largest absolute Gasteiger partial charge is 0.476 e. The highest BCUT2D eigenvalue weighted by Gasteiger charge is 2.32. The molecule has 2 N–H and O–H groups in total. The summed E-state index contributed by atoms with van der Waals surface area (Å²) in [7, 11) is 0. The zero-order valence-electron chi connectivity index (χ0n) is 14.0. The van der Waals surface area contributed by atoms with E-state index >= 15 is 0 Å². The lowest BCUT2D eigenvalue weighted by molar-refractivity contribution is -0.161. The number of ether oxygens (including phenoxy) is 2. The Morgan fingerprint density at radius 2 is 1.75 bits per heavy atom. The molecule has 0 aliphatic carbocycles. The molecule has 0 unspecified atom stereocenters. The van der Waals surface area contributed by atoms with Crippen LogP contribution in [0.3, 0.4) is 0 Å². The summed E-state index contributed by atoms with van der Waals surface area (Å²) in [5, 5.41) is 4.49. The number of halogens is 1. The molecule has 0 aliphatic heterocycles. The van der Waals surface area contributed by atoms with Crippen LogP contribution in [0.5, 0.6) is 5.75 Å². The summed E-state index contributed by atoms with van der Waals surface area (Å²) < 4.78 is 23.1. The fraction of sp³-hybridized carbons (Fsp3) is 0.438. The van der Waals surface area contributed by atoms with E-state index in [1.807, 2.05) is 5.32 Å². The van der Waals surface area contributed by atoms with Crippen LogP contribution in [0.25, 0.3) is 0 Å². The van der Waals surface area contributed by atoms with Gasteiger partial charge in [0.05, 0.1) is 0 Å². The molecule has 3 amide bonds. The van der Waals surface area contributed by atoms with E-state index in [4.69, 9.17) is 9.47 Å². The minimum Gasteiger partial charge on any atom is -0.476 e. The second-order valence-corrected chi connectivity index (χ2v) is 5.82. The van der Waals surface area contributed by atoms with Gasteiger partial charge in [-0.2, -0.15) is 0 Å². The number of carbonyl (C=O) groups is 3. The topological polar surface area (TPSA) is 93.7 Å². The van der Waals surface area contributed by atoms with Crippen LogP contribution in [0.4, 0.5) is 9.18 Å². The Bertz CT molecular complexity index is 599. The molecule has 0 radical (unpaired) electrons. The van der Waals surface area contributed by atoms with Crippen molar-refractivity contribution in [1.29, 1.82) is 0 Å². The van der Waals surface area contributed by atoms with Crippen molar-refractivity contribution in [3.63, 3.8) is 0 Å². The highest BCUT2D eigenvalue weighted by Crippen LogP contribution is 2.19. The van der Waals surface area contributed by atoms with Crippen molar-refractivity contribution in [2.45, 2.75) is 39.3 Å². The van der Waals surface area contributed by atoms with E-state index in [0.717, 1.165) is 0 Å². The van der Waals surface area contributed by atoms with Gasteiger partial charge in [0.1, 0.15) is 11.6 Å². The number of rotatable bonds is 6. The SMILES string of the molecule is CC(C)NC(=O)NC(=O)COC(=O)C(C)(C)Oc1ccc(F)cc1. The first kappa shape index (κ1) is 19.4. The summed E-state index contributed by atoms with van der Waals surface area (Å²) in [6.45, 7) is 5.74. The lowest BCUT2D eigenvalue weighted by Crippen LogP contribution is -2.45. The first-order chi connectivity index (χ1) is 11.1. The average molecular weight is 340 g/mol. The molecule has 24 heavy (non-hydrogen) atoms. The molecule has 0 atom stereocenters. The third kappa shape index (κ3) is 6.64. The van der Waals surface area contributed by atoms with E-state index in [1.165, 1.54) is 38.1 Å². The van der Waals surface area contributed by atoms with E-state index < -0.39 is 35.9 Å². The fourth-order valence-electron chi connectivity index (χ4n) is 1.60. The second-order valence-electron chi connectivity index (χ2n) is 5.82. The number of hydrogen-bond acceptors (Lipinski definition) is 5. The zero-order chi connectivity index (χ0) is 18.3. The molecule has 7 nitrogen and oxygen atoms in total. The van der Waals surface area contributed by atoms with Crippen LogP contribution in [0, 0.1) is 5.82 Å². The maximum absolute atomic E-state index is 12.8. The number of hydrogen-bond donors (Lipinski definition) is 2. The molecule has 0 aromatic heterocycles. The van der Waals surface area contributed by atoms with Gasteiger partial charge in [-0.3, -0.25) is 10.1 Å². The number of carbonyl (C=O) groups excluding carboxylic acids is 3. The van der Waals surface area contributed by atoms with Gasteiger partial charge in [0.25, 0.3) is 5.91 Å². The summed E-state index contributed by atoms with van der Waals surface area (Å²) in [5.41, 5.74) is -1.39. The molecule has 0 bridgehead atoms. The lowest BCUT2D eigenvalue weighted by Gasteiger charge is -2.24. The molecule has 8 heteroatoms. The van der Waals surface area contributed by atoms with Crippen LogP contribution in [0.2, 0.25) is 0 Å². The van der Waals surface area contributed by atoms with E-state index in [2.05, 4.69) is 5.32 Å². The smallest absolute Gasteiger partial charge is 0.350 e. The number of nitrogens with one attached hydrogen (secondary N) is 2. The number of esters is 1. The van der Waals surface area contributed by atoms with Crippen LogP contribution < -0.4 is 15.4 Å². The van der Waals surface area contributed by atoms with Crippen LogP contribution in [0.15, 0.2) is 24.3 Å². The van der Waals surface area contributed by atoms with E-state index in [9.17, 15) is 18.8 Å². The van der Waals surface area contributed by atoms with E-state index in [0.29, 0.717) is 0 Å². The van der Waals surface area contributed by atoms with Crippen LogP contribution in [0.1, 0.15) is 27.7 Å². The maximum Gasteiger partial charge on any atom is 0.350 e. The molecular weight excluding hydrogens is 319 g/mol. The Hall–Kier alpha value is -2.64. The molecule has 0 fully saturated rings. The van der Waals surface area contributed by atoms with Gasteiger partial charge in [0.15, 0.2) is 12.2 Å². The Labute approximate surface area is 139 Å². The molecule has 0 saturated heterocycles. The second kappa shape index (κ2) is 8.28. The predicted octanol–water partition coefficient (Wildman–Crippen LogP) is 1.76. The molecule has 1 rings (SSSR count). The molecule has 0 heterocycles. The average Bonchev–Trinajstić information content (AvgIpc) is 2.45. The first-order valence-corrected chi connectivity index (χ1v) is 7.32. The minimum absolute atomic E-state index is 0.136. The summed E-state index contributed by atoms with van der Waals surface area (Å²) in [6, 6.07) is 4.31. The predicted molar refractivity (Wildman–Crippen MR) is 83.9 cm³/mol. The van der Waals surface area contributed by atoms with Gasteiger partial charge < -0.3 is 14.8 Å². The van der Waals surface area contributed by atoms with E-state index in [-0.39, 0.29) is 11.8 Å². The highest BCUT2D eigenvalue weighted by molar-refractivity contribution is 5.95. The molecule has 0 aliphatic rings. The third-order valence-electron chi connectivity index (χ3n) is 2.69. The van der Waals surface area contributed by atoms with Gasteiger partial charge in [-0.1, -0.05) is 0 Å². The van der Waals surface area contributed by atoms with Crippen molar-refractivity contribution in [2.75, 3.05) is 6.61 Å². The van der Waals surface area contributed by atoms with Crippen molar-refractivity contribution in [3.05, 3.63) is 30.1 Å². The monoisotopic (exact) mass is 340 g/mol. The zero-order valence-corrected chi connectivity index (χ0v) is 14.0. The van der Waals surface area contributed by atoms with Gasteiger partial charge >= 0.3 is 12.0 Å². The fourth-order valence-corrected chi connectivity index (χ4v) is 1.60. The molecular formula is C16H21FN2O5. The van der Waals surface area contributed by atoms with Gasteiger partial charge in [0, 0.05) is 6.04 Å². The van der Waals surface area contributed by atoms with Crippen molar-refractivity contribution < 1.29 is 28.2 Å². The number of imide groups is 1. The standard InChI is InChI=1S/C16H21FN2O5/c1-10(2)18-15(22)19-13(20)9-23-14(21)16(3,4)24-12-7-5-11(17)6-8-12/h5-8,10H,9H2,1-4H3,(H2,18,19,20,22). The van der Waals surface area contributed by atoms with Crippen molar-refractivity contribution in [1.82, 2.24) is 10.6 Å². The van der Waals surface area contributed by atoms with Crippen LogP contribution >= 0.6 is 0 Å². The quantitative estimate of drug-likeness (QED) is 0.770. The summed E-state index contributed by atoms with van der Waals surface area (Å²) in [4.78, 5) is 34.9. The summed E-state index contributed by atoms with van der Waals surface area (Å²) >= 11 is 0. The van der Waals surface area contributed by atoms with E-state index in [1.54, 1.807) is 13.8 Å². The molecule has 132 valence electrons. The molecule has 0 spiro atoms. The van der Waals surface area contributed by atoms with Gasteiger partial charge in [-0.15, -0.1) is 0 Å². The van der Waals surface area contributed by atoms with Gasteiger partial charge in [-0.25, -0.2) is 14.0 Å². The van der Waals surface area contributed by atoms with Crippen molar-refractivity contribution in [3.8, 4) is 5.75 Å². The van der Waals surface area contributed by atoms with Gasteiger partial charge in [-0.05, 0) is 52.0 Å². The Balaban J connectivity index is 2.49. The van der Waals surface area contributed by atoms with Crippen LogP contribution in [-0.4, -0.2) is 36.2 Å². The summed E-state index contributed by atoms with van der Waals surface area (Å²) in [6.07, 6.45) is 0. The first-order valence-electron chi connectivity index (χ1n) is 7.32. The molecule has 1 aromatic rings. The molecule has 0 saturated carbocycles. The third-order valence-corrected chi connectivity index (χ3v) is 2.69. The van der Waals surface area contributed by atoms with Gasteiger partial charge in [0.2, 0.25) is 0 Å². The van der Waals surface area contributed by atoms with Crippen LogP contribution in [-0.2, 0) is 14.3 Å². The van der Waals surface area contributed by atoms with Crippen molar-refractivity contribution in [2.24, 2.45) is 0 Å². The number of benzene rings is 1. The Kier molecular flexibility index (Phi) is 6.69.